The van der Waals surface area contributed by atoms with E-state index < -0.39 is 5.97 Å². The molecule has 0 N–H and O–H groups in total. The highest BCUT2D eigenvalue weighted by Crippen LogP contribution is 2.22. The number of thiazole rings is 1. The first kappa shape index (κ1) is 18.8. The lowest BCUT2D eigenvalue weighted by Gasteiger charge is -2.07. The van der Waals surface area contributed by atoms with Gasteiger partial charge in [-0.3, -0.25) is 4.98 Å². The summed E-state index contributed by atoms with van der Waals surface area (Å²) in [6.07, 6.45) is 4.82. The molecule has 0 spiro atoms. The van der Waals surface area contributed by atoms with Crippen molar-refractivity contribution in [2.45, 2.75) is 13.2 Å². The second-order valence-electron chi connectivity index (χ2n) is 6.21. The summed E-state index contributed by atoms with van der Waals surface area (Å²) in [5.74, 6) is 0.334. The molecule has 0 aliphatic rings. The van der Waals surface area contributed by atoms with Crippen molar-refractivity contribution in [3.8, 4) is 5.75 Å². The molecular formula is C23H18N2O3S. The fourth-order valence-corrected chi connectivity index (χ4v) is 3.50. The van der Waals surface area contributed by atoms with Crippen LogP contribution < -0.4 is 4.74 Å². The topological polar surface area (TPSA) is 61.3 Å². The summed E-state index contributed by atoms with van der Waals surface area (Å²) >= 11 is 1.53. The summed E-state index contributed by atoms with van der Waals surface area (Å²) < 4.78 is 12.1. The normalized spacial score (nSPS) is 11.0. The van der Waals surface area contributed by atoms with Crippen LogP contribution in [0.3, 0.4) is 0 Å². The molecule has 144 valence electrons. The largest absolute Gasteiger partial charge is 0.487 e. The molecule has 2 heterocycles. The molecule has 0 saturated heterocycles. The van der Waals surface area contributed by atoms with Crippen LogP contribution in [0.2, 0.25) is 0 Å². The molecule has 4 rings (SSSR count). The van der Waals surface area contributed by atoms with Crippen LogP contribution in [0.4, 0.5) is 0 Å². The molecule has 4 aromatic rings. The molecule has 0 aliphatic carbocycles. The van der Waals surface area contributed by atoms with Gasteiger partial charge in [0.2, 0.25) is 0 Å². The van der Waals surface area contributed by atoms with Crippen molar-refractivity contribution < 1.29 is 14.3 Å². The minimum atomic E-state index is -0.403. The van der Waals surface area contributed by atoms with Crippen LogP contribution in [-0.4, -0.2) is 15.9 Å². The molecule has 0 aliphatic heterocycles. The van der Waals surface area contributed by atoms with E-state index in [0.29, 0.717) is 6.61 Å². The number of para-hydroxylation sites is 1. The van der Waals surface area contributed by atoms with Gasteiger partial charge in [-0.05, 0) is 48.0 Å². The maximum atomic E-state index is 12.0. The van der Waals surface area contributed by atoms with Gasteiger partial charge in [0, 0.05) is 12.3 Å². The Morgan fingerprint density at radius 1 is 0.966 bits per heavy atom. The van der Waals surface area contributed by atoms with E-state index in [-0.39, 0.29) is 6.61 Å². The van der Waals surface area contributed by atoms with Gasteiger partial charge in [0.1, 0.15) is 24.0 Å². The van der Waals surface area contributed by atoms with Gasteiger partial charge in [-0.15, -0.1) is 11.3 Å². The van der Waals surface area contributed by atoms with Crippen molar-refractivity contribution in [1.82, 2.24) is 9.97 Å². The third kappa shape index (κ3) is 5.27. The summed E-state index contributed by atoms with van der Waals surface area (Å²) in [5.41, 5.74) is 2.68. The van der Waals surface area contributed by atoms with Gasteiger partial charge in [-0.2, -0.15) is 0 Å². The third-order valence-corrected chi connectivity index (χ3v) is 5.09. The molecule has 0 bridgehead atoms. The zero-order chi connectivity index (χ0) is 19.9. The average Bonchev–Trinajstić information content (AvgIpc) is 3.19. The van der Waals surface area contributed by atoms with E-state index in [0.717, 1.165) is 32.2 Å². The Morgan fingerprint density at radius 3 is 2.59 bits per heavy atom. The van der Waals surface area contributed by atoms with Crippen molar-refractivity contribution in [1.29, 1.82) is 0 Å². The monoisotopic (exact) mass is 402 g/mol. The number of benzene rings is 2. The zero-order valence-corrected chi connectivity index (χ0v) is 16.3. The van der Waals surface area contributed by atoms with Crippen molar-refractivity contribution in [3.63, 3.8) is 0 Å². The third-order valence-electron chi connectivity index (χ3n) is 4.09. The molecule has 0 unspecified atom stereocenters. The first-order chi connectivity index (χ1) is 14.3. The highest BCUT2D eigenvalue weighted by molar-refractivity contribution is 7.19. The highest BCUT2D eigenvalue weighted by atomic mass is 32.1. The van der Waals surface area contributed by atoms with E-state index in [9.17, 15) is 4.79 Å². The molecule has 29 heavy (non-hydrogen) atoms. The number of carbonyl (C=O) groups is 1. The average molecular weight is 402 g/mol. The number of hydrogen-bond acceptors (Lipinski definition) is 6. The predicted molar refractivity (Wildman–Crippen MR) is 113 cm³/mol. The number of carbonyl (C=O) groups excluding carboxylic acids is 1. The molecule has 2 aromatic heterocycles. The van der Waals surface area contributed by atoms with Crippen LogP contribution in [0.15, 0.2) is 79.0 Å². The van der Waals surface area contributed by atoms with Crippen LogP contribution in [0, 0.1) is 0 Å². The van der Waals surface area contributed by atoms with E-state index >= 15 is 0 Å². The quantitative estimate of drug-likeness (QED) is 0.321. The summed E-state index contributed by atoms with van der Waals surface area (Å²) in [7, 11) is 0. The summed E-state index contributed by atoms with van der Waals surface area (Å²) in [6.45, 7) is 0.606. The minimum absolute atomic E-state index is 0.198. The van der Waals surface area contributed by atoms with E-state index in [2.05, 4.69) is 9.97 Å². The molecule has 0 atom stereocenters. The van der Waals surface area contributed by atoms with E-state index in [1.54, 1.807) is 12.3 Å². The molecule has 5 nitrogen and oxygen atoms in total. The Labute approximate surface area is 172 Å². The van der Waals surface area contributed by atoms with Crippen LogP contribution >= 0.6 is 11.3 Å². The molecule has 0 amide bonds. The standard InChI is InChI=1S/C23H18N2O3S/c26-23(13-12-22-25-20-6-1-2-7-21(20)29-22)28-15-17-8-10-19(11-9-17)27-16-18-5-3-4-14-24-18/h1-14H,15-16H2/b13-12+. The second-order valence-corrected chi connectivity index (χ2v) is 7.28. The number of hydrogen-bond donors (Lipinski definition) is 0. The lowest BCUT2D eigenvalue weighted by Crippen LogP contribution is -2.01. The first-order valence-corrected chi connectivity index (χ1v) is 9.90. The predicted octanol–water partition coefficient (Wildman–Crippen LogP) is 5.03. The fraction of sp³-hybridized carbons (Fsp3) is 0.0870. The Hall–Kier alpha value is -3.51. The number of pyridine rings is 1. The van der Waals surface area contributed by atoms with Gasteiger partial charge in [0.25, 0.3) is 0 Å². The lowest BCUT2D eigenvalue weighted by molar-refractivity contribution is -0.138. The van der Waals surface area contributed by atoms with Crippen LogP contribution in [0.5, 0.6) is 5.75 Å². The fourth-order valence-electron chi connectivity index (χ4n) is 2.63. The summed E-state index contributed by atoms with van der Waals surface area (Å²) in [4.78, 5) is 20.6. The number of ether oxygens (including phenoxy) is 2. The van der Waals surface area contributed by atoms with E-state index in [1.165, 1.54) is 17.4 Å². The number of rotatable bonds is 7. The van der Waals surface area contributed by atoms with Crippen molar-refractivity contribution in [2.75, 3.05) is 0 Å². The molecular weight excluding hydrogens is 384 g/mol. The van der Waals surface area contributed by atoms with Gasteiger partial charge in [0.05, 0.1) is 15.9 Å². The van der Waals surface area contributed by atoms with Crippen LogP contribution in [0.25, 0.3) is 16.3 Å². The van der Waals surface area contributed by atoms with Gasteiger partial charge >= 0.3 is 5.97 Å². The molecule has 0 fully saturated rings. The van der Waals surface area contributed by atoms with Crippen molar-refractivity contribution in [2.24, 2.45) is 0 Å². The van der Waals surface area contributed by atoms with E-state index in [1.807, 2.05) is 66.7 Å². The summed E-state index contributed by atoms with van der Waals surface area (Å²) in [6, 6.07) is 21.0. The Kier molecular flexibility index (Phi) is 5.92. The molecule has 2 aromatic carbocycles. The molecule has 0 saturated carbocycles. The van der Waals surface area contributed by atoms with E-state index in [4.69, 9.17) is 9.47 Å². The Bertz CT molecular complexity index is 1090. The lowest BCUT2D eigenvalue weighted by atomic mass is 10.2. The summed E-state index contributed by atoms with van der Waals surface area (Å²) in [5, 5.41) is 0.776. The number of aromatic nitrogens is 2. The number of nitrogens with zero attached hydrogens (tertiary/aromatic N) is 2. The van der Waals surface area contributed by atoms with Gasteiger partial charge < -0.3 is 9.47 Å². The second kappa shape index (κ2) is 9.12. The van der Waals surface area contributed by atoms with Crippen molar-refractivity contribution >= 4 is 33.6 Å². The minimum Gasteiger partial charge on any atom is -0.487 e. The van der Waals surface area contributed by atoms with Gasteiger partial charge in [0.15, 0.2) is 0 Å². The molecule has 6 heteroatoms. The molecule has 0 radical (unpaired) electrons. The zero-order valence-electron chi connectivity index (χ0n) is 15.5. The maximum Gasteiger partial charge on any atom is 0.331 e. The van der Waals surface area contributed by atoms with Crippen molar-refractivity contribution in [3.05, 3.63) is 95.3 Å². The first-order valence-electron chi connectivity index (χ1n) is 9.08. The van der Waals surface area contributed by atoms with Crippen LogP contribution in [0.1, 0.15) is 16.3 Å². The number of esters is 1. The van der Waals surface area contributed by atoms with Gasteiger partial charge in [-0.1, -0.05) is 30.3 Å². The van der Waals surface area contributed by atoms with Crippen LogP contribution in [-0.2, 0) is 22.7 Å². The SMILES string of the molecule is O=C(/C=C/c1nc2ccccc2s1)OCc1ccc(OCc2ccccn2)cc1. The van der Waals surface area contributed by atoms with Gasteiger partial charge in [-0.25, -0.2) is 9.78 Å². The number of fused-ring (bicyclic) bond motifs is 1. The maximum absolute atomic E-state index is 12.0. The Morgan fingerprint density at radius 2 is 1.79 bits per heavy atom. The Balaban J connectivity index is 1.26. The smallest absolute Gasteiger partial charge is 0.331 e. The highest BCUT2D eigenvalue weighted by Gasteiger charge is 2.03.